The van der Waals surface area contributed by atoms with Crippen LogP contribution in [-0.2, 0) is 0 Å². The van der Waals surface area contributed by atoms with Gasteiger partial charge in [-0.25, -0.2) is 4.98 Å². The Morgan fingerprint density at radius 3 is 2.36 bits per heavy atom. The highest BCUT2D eigenvalue weighted by Crippen LogP contribution is 2.20. The van der Waals surface area contributed by atoms with Crippen molar-refractivity contribution in [2.75, 3.05) is 5.32 Å². The summed E-state index contributed by atoms with van der Waals surface area (Å²) in [5.41, 5.74) is 8.15. The van der Waals surface area contributed by atoms with Gasteiger partial charge in [0, 0.05) is 5.69 Å². The van der Waals surface area contributed by atoms with Crippen LogP contribution in [0.15, 0.2) is 34.9 Å². The molecule has 0 saturated heterocycles. The molecule has 3 N–H and O–H groups in total. The first kappa shape index (κ1) is 16.2. The van der Waals surface area contributed by atoms with Gasteiger partial charge in [-0.15, -0.1) is 0 Å². The third-order valence-corrected chi connectivity index (χ3v) is 3.59. The minimum Gasteiger partial charge on any atom is -0.446 e. The summed E-state index contributed by atoms with van der Waals surface area (Å²) >= 11 is 0. The minimum atomic E-state index is -0.313. The van der Waals surface area contributed by atoms with E-state index in [0.29, 0.717) is 11.8 Å². The van der Waals surface area contributed by atoms with Crippen molar-refractivity contribution in [3.05, 3.63) is 47.7 Å². The first-order valence-electron chi connectivity index (χ1n) is 7.50. The van der Waals surface area contributed by atoms with Gasteiger partial charge in [0.25, 0.3) is 5.91 Å². The summed E-state index contributed by atoms with van der Waals surface area (Å²) in [6, 6.07) is 7.46. The van der Waals surface area contributed by atoms with Gasteiger partial charge in [-0.3, -0.25) is 4.79 Å². The Bertz CT molecular complexity index is 630. The van der Waals surface area contributed by atoms with Crippen LogP contribution in [-0.4, -0.2) is 10.9 Å². The number of hydrogen-bond acceptors (Lipinski definition) is 4. The van der Waals surface area contributed by atoms with Crippen LogP contribution in [0.1, 0.15) is 61.6 Å². The molecule has 2 rings (SSSR count). The maximum absolute atomic E-state index is 12.2. The molecule has 1 heterocycles. The van der Waals surface area contributed by atoms with E-state index in [-0.39, 0.29) is 23.6 Å². The highest BCUT2D eigenvalue weighted by Gasteiger charge is 2.19. The zero-order chi connectivity index (χ0) is 16.3. The van der Waals surface area contributed by atoms with Gasteiger partial charge < -0.3 is 15.5 Å². The third-order valence-electron chi connectivity index (χ3n) is 3.59. The van der Waals surface area contributed by atoms with E-state index in [4.69, 9.17) is 10.2 Å². The fraction of sp³-hybridized carbons (Fsp3) is 0.412. The molecule has 0 aliphatic rings. The normalized spacial score (nSPS) is 12.7. The molecule has 0 aliphatic heterocycles. The van der Waals surface area contributed by atoms with E-state index in [1.165, 1.54) is 11.8 Å². The van der Waals surface area contributed by atoms with Crippen molar-refractivity contribution in [2.24, 2.45) is 11.7 Å². The van der Waals surface area contributed by atoms with Crippen LogP contribution >= 0.6 is 0 Å². The predicted molar refractivity (Wildman–Crippen MR) is 86.8 cm³/mol. The summed E-state index contributed by atoms with van der Waals surface area (Å²) in [6.45, 7) is 8.21. The van der Waals surface area contributed by atoms with Gasteiger partial charge in [0.1, 0.15) is 6.26 Å². The van der Waals surface area contributed by atoms with E-state index in [0.717, 1.165) is 5.69 Å². The summed E-state index contributed by atoms with van der Waals surface area (Å²) in [6.07, 6.45) is 1.34. The Morgan fingerprint density at radius 1 is 1.18 bits per heavy atom. The van der Waals surface area contributed by atoms with Crippen molar-refractivity contribution < 1.29 is 9.21 Å². The quantitative estimate of drug-likeness (QED) is 0.882. The molecule has 5 heteroatoms. The molecule has 1 atom stereocenters. The van der Waals surface area contributed by atoms with Crippen LogP contribution in [0.4, 0.5) is 5.69 Å². The Labute approximate surface area is 130 Å². The number of nitrogens with zero attached hydrogens (tertiary/aromatic N) is 1. The Hall–Kier alpha value is -2.14. The van der Waals surface area contributed by atoms with Crippen LogP contribution in [0, 0.1) is 5.92 Å². The van der Waals surface area contributed by atoms with Crippen molar-refractivity contribution in [2.45, 2.75) is 39.7 Å². The first-order valence-corrected chi connectivity index (χ1v) is 7.50. The predicted octanol–water partition coefficient (Wildman–Crippen LogP) is 3.71. The summed E-state index contributed by atoms with van der Waals surface area (Å²) < 4.78 is 5.30. The molecular formula is C17H23N3O2. The average Bonchev–Trinajstić information content (AvgIpc) is 2.96. The van der Waals surface area contributed by atoms with Crippen LogP contribution in [0.5, 0.6) is 0 Å². The zero-order valence-corrected chi connectivity index (χ0v) is 13.5. The molecule has 118 valence electrons. The smallest absolute Gasteiger partial charge is 0.277 e. The Kier molecular flexibility index (Phi) is 4.98. The van der Waals surface area contributed by atoms with E-state index in [1.54, 1.807) is 0 Å². The monoisotopic (exact) mass is 301 g/mol. The molecule has 1 aromatic carbocycles. The molecule has 22 heavy (non-hydrogen) atoms. The zero-order valence-electron chi connectivity index (χ0n) is 13.5. The second-order valence-corrected chi connectivity index (χ2v) is 6.07. The standard InChI is InChI=1S/C17H23N3O2/c1-10(2)12-5-7-13(8-6-12)19-16(21)14-9-22-17(20-14)15(18)11(3)4/h5-11,15H,18H2,1-4H3,(H,19,21). The number of oxazole rings is 1. The van der Waals surface area contributed by atoms with E-state index >= 15 is 0 Å². The molecule has 1 aromatic heterocycles. The summed E-state index contributed by atoms with van der Waals surface area (Å²) in [5.74, 6) is 0.733. The molecular weight excluding hydrogens is 278 g/mol. The molecule has 0 fully saturated rings. The summed E-state index contributed by atoms with van der Waals surface area (Å²) in [4.78, 5) is 16.3. The lowest BCUT2D eigenvalue weighted by molar-refractivity contribution is 0.102. The van der Waals surface area contributed by atoms with Crippen LogP contribution in [0.2, 0.25) is 0 Å². The fourth-order valence-corrected chi connectivity index (χ4v) is 1.98. The second-order valence-electron chi connectivity index (χ2n) is 6.07. The van der Waals surface area contributed by atoms with Crippen LogP contribution in [0.25, 0.3) is 0 Å². The summed E-state index contributed by atoms with van der Waals surface area (Å²) in [7, 11) is 0. The molecule has 0 saturated carbocycles. The van der Waals surface area contributed by atoms with Gasteiger partial charge in [0.15, 0.2) is 5.69 Å². The maximum atomic E-state index is 12.2. The number of benzene rings is 1. The molecule has 0 spiro atoms. The van der Waals surface area contributed by atoms with E-state index in [9.17, 15) is 4.79 Å². The second kappa shape index (κ2) is 6.75. The Balaban J connectivity index is 2.06. The molecule has 0 radical (unpaired) electrons. The molecule has 0 aliphatic carbocycles. The molecule has 2 aromatic rings. The van der Waals surface area contributed by atoms with Crippen LogP contribution < -0.4 is 11.1 Å². The van der Waals surface area contributed by atoms with E-state index in [1.807, 2.05) is 38.1 Å². The molecule has 1 amide bonds. The first-order chi connectivity index (χ1) is 10.4. The number of aromatic nitrogens is 1. The molecule has 5 nitrogen and oxygen atoms in total. The Morgan fingerprint density at radius 2 is 1.82 bits per heavy atom. The van der Waals surface area contributed by atoms with Crippen molar-refractivity contribution in [3.63, 3.8) is 0 Å². The topological polar surface area (TPSA) is 81.2 Å². The van der Waals surface area contributed by atoms with Gasteiger partial charge in [0.2, 0.25) is 5.89 Å². The SMILES string of the molecule is CC(C)c1ccc(NC(=O)c2coc(C(N)C(C)C)n2)cc1. The number of amides is 1. The van der Waals surface area contributed by atoms with Gasteiger partial charge in [0.05, 0.1) is 6.04 Å². The van der Waals surface area contributed by atoms with Gasteiger partial charge in [-0.1, -0.05) is 39.8 Å². The largest absolute Gasteiger partial charge is 0.446 e. The van der Waals surface area contributed by atoms with Gasteiger partial charge >= 0.3 is 0 Å². The third kappa shape index (κ3) is 3.74. The lowest BCUT2D eigenvalue weighted by Crippen LogP contribution is -2.18. The lowest BCUT2D eigenvalue weighted by Gasteiger charge is -2.10. The maximum Gasteiger partial charge on any atom is 0.277 e. The number of nitrogens with two attached hydrogens (primary N) is 1. The lowest BCUT2D eigenvalue weighted by atomic mass is 10.0. The average molecular weight is 301 g/mol. The summed E-state index contributed by atoms with van der Waals surface area (Å²) in [5, 5.41) is 2.80. The van der Waals surface area contributed by atoms with Crippen molar-refractivity contribution >= 4 is 11.6 Å². The number of rotatable bonds is 5. The molecule has 0 bridgehead atoms. The molecule has 1 unspecified atom stereocenters. The number of carbonyl (C=O) groups excluding carboxylic acids is 1. The van der Waals surface area contributed by atoms with Gasteiger partial charge in [-0.2, -0.15) is 0 Å². The van der Waals surface area contributed by atoms with Crippen molar-refractivity contribution in [1.82, 2.24) is 4.98 Å². The highest BCUT2D eigenvalue weighted by atomic mass is 16.3. The number of hydrogen-bond donors (Lipinski definition) is 2. The van der Waals surface area contributed by atoms with Gasteiger partial charge in [-0.05, 0) is 29.5 Å². The highest BCUT2D eigenvalue weighted by molar-refractivity contribution is 6.02. The fourth-order valence-electron chi connectivity index (χ4n) is 1.98. The number of anilines is 1. The number of carbonyl (C=O) groups is 1. The van der Waals surface area contributed by atoms with E-state index in [2.05, 4.69) is 24.1 Å². The minimum absolute atomic E-state index is 0.193. The van der Waals surface area contributed by atoms with Crippen molar-refractivity contribution in [1.29, 1.82) is 0 Å². The van der Waals surface area contributed by atoms with Crippen LogP contribution in [0.3, 0.4) is 0 Å². The number of nitrogens with one attached hydrogen (secondary N) is 1. The van der Waals surface area contributed by atoms with E-state index < -0.39 is 0 Å². The van der Waals surface area contributed by atoms with Crippen molar-refractivity contribution in [3.8, 4) is 0 Å².